The van der Waals surface area contributed by atoms with Gasteiger partial charge in [-0.15, -0.1) is 11.3 Å². The number of thiophene rings is 1. The fourth-order valence-corrected chi connectivity index (χ4v) is 4.74. The molecule has 0 aliphatic heterocycles. The Morgan fingerprint density at radius 1 is 1.33 bits per heavy atom. The lowest BCUT2D eigenvalue weighted by molar-refractivity contribution is -0.115. The lowest BCUT2D eigenvalue weighted by Gasteiger charge is -2.07. The number of hydrogen-bond acceptors (Lipinski definition) is 5. The van der Waals surface area contributed by atoms with Crippen LogP contribution in [0.15, 0.2) is 28.9 Å². The summed E-state index contributed by atoms with van der Waals surface area (Å²) in [6.07, 6.45) is 4.23. The van der Waals surface area contributed by atoms with Crippen molar-refractivity contribution in [2.45, 2.75) is 32.6 Å². The molecular formula is C20H18FNO4S. The molecule has 2 aromatic heterocycles. The first-order valence-electron chi connectivity index (χ1n) is 8.84. The zero-order chi connectivity index (χ0) is 19.0. The summed E-state index contributed by atoms with van der Waals surface area (Å²) in [5.41, 5.74) is 2.60. The van der Waals surface area contributed by atoms with Crippen molar-refractivity contribution in [3.63, 3.8) is 0 Å². The van der Waals surface area contributed by atoms with E-state index < -0.39 is 5.97 Å². The first-order valence-corrected chi connectivity index (χ1v) is 9.65. The number of furan rings is 1. The van der Waals surface area contributed by atoms with E-state index in [1.807, 2.05) is 0 Å². The molecule has 0 saturated heterocycles. The molecule has 0 atom stereocenters. The Balaban J connectivity index is 1.58. The molecule has 0 fully saturated rings. The third-order valence-corrected chi connectivity index (χ3v) is 5.83. The summed E-state index contributed by atoms with van der Waals surface area (Å²) in [7, 11) is 0. The van der Waals surface area contributed by atoms with E-state index >= 15 is 0 Å². The number of rotatable bonds is 5. The molecule has 27 heavy (non-hydrogen) atoms. The summed E-state index contributed by atoms with van der Waals surface area (Å²) in [6, 6.07) is 4.20. The van der Waals surface area contributed by atoms with Gasteiger partial charge in [-0.1, -0.05) is 0 Å². The molecule has 0 saturated carbocycles. The molecule has 1 aromatic carbocycles. The Morgan fingerprint density at radius 3 is 3.00 bits per heavy atom. The molecule has 7 heteroatoms. The summed E-state index contributed by atoms with van der Waals surface area (Å²) >= 11 is 1.43. The largest absolute Gasteiger partial charge is 0.464 e. The second kappa shape index (κ2) is 7.15. The van der Waals surface area contributed by atoms with Crippen molar-refractivity contribution in [2.24, 2.45) is 0 Å². The van der Waals surface area contributed by atoms with E-state index in [0.29, 0.717) is 27.1 Å². The monoisotopic (exact) mass is 387 g/mol. The van der Waals surface area contributed by atoms with Crippen LogP contribution >= 0.6 is 11.3 Å². The first kappa shape index (κ1) is 17.7. The number of carbonyl (C=O) groups excluding carboxylic acids is 2. The minimum Gasteiger partial charge on any atom is -0.464 e. The minimum absolute atomic E-state index is 0.0291. The number of anilines is 1. The van der Waals surface area contributed by atoms with Crippen LogP contribution in [-0.4, -0.2) is 18.5 Å². The van der Waals surface area contributed by atoms with E-state index in [-0.39, 0.29) is 24.8 Å². The molecule has 140 valence electrons. The van der Waals surface area contributed by atoms with E-state index in [1.165, 1.54) is 35.8 Å². The second-order valence-electron chi connectivity index (χ2n) is 6.41. The number of esters is 1. The van der Waals surface area contributed by atoms with Gasteiger partial charge in [0.25, 0.3) is 0 Å². The zero-order valence-corrected chi connectivity index (χ0v) is 15.6. The number of carbonyl (C=O) groups is 2. The predicted molar refractivity (Wildman–Crippen MR) is 101 cm³/mol. The Bertz CT molecular complexity index is 1040. The van der Waals surface area contributed by atoms with Crippen molar-refractivity contribution in [3.05, 3.63) is 51.8 Å². The highest BCUT2D eigenvalue weighted by Gasteiger charge is 2.28. The number of ether oxygens (including phenoxy) is 1. The summed E-state index contributed by atoms with van der Waals surface area (Å²) in [5, 5.41) is 3.94. The van der Waals surface area contributed by atoms with Gasteiger partial charge in [-0.3, -0.25) is 4.79 Å². The van der Waals surface area contributed by atoms with Gasteiger partial charge in [0.15, 0.2) is 0 Å². The van der Waals surface area contributed by atoms with Crippen molar-refractivity contribution in [2.75, 3.05) is 11.9 Å². The lowest BCUT2D eigenvalue weighted by Crippen LogP contribution is -2.16. The van der Waals surface area contributed by atoms with Crippen LogP contribution in [0.1, 0.15) is 39.7 Å². The number of nitrogens with one attached hydrogen (secondary N) is 1. The third-order valence-electron chi connectivity index (χ3n) is 4.62. The highest BCUT2D eigenvalue weighted by Crippen LogP contribution is 2.39. The van der Waals surface area contributed by atoms with Gasteiger partial charge in [0, 0.05) is 15.8 Å². The van der Waals surface area contributed by atoms with Gasteiger partial charge in [0.1, 0.15) is 16.4 Å². The normalized spacial score (nSPS) is 13.0. The number of hydrogen-bond donors (Lipinski definition) is 1. The molecule has 4 rings (SSSR count). The second-order valence-corrected chi connectivity index (χ2v) is 7.51. The highest BCUT2D eigenvalue weighted by molar-refractivity contribution is 7.17. The summed E-state index contributed by atoms with van der Waals surface area (Å²) in [5.74, 6) is -1.07. The maximum Gasteiger partial charge on any atom is 0.341 e. The van der Waals surface area contributed by atoms with Crippen LogP contribution in [-0.2, 0) is 28.8 Å². The average Bonchev–Trinajstić information content (AvgIpc) is 3.30. The van der Waals surface area contributed by atoms with E-state index in [1.54, 1.807) is 6.92 Å². The quantitative estimate of drug-likeness (QED) is 0.656. The molecule has 0 bridgehead atoms. The molecule has 1 aliphatic rings. The number of aryl methyl sites for hydroxylation is 1. The SMILES string of the molecule is CCOC(=O)c1c(NC(=O)Cc2coc3ccc(F)cc23)sc2c1CCC2. The third kappa shape index (κ3) is 3.35. The number of fused-ring (bicyclic) bond motifs is 2. The Kier molecular flexibility index (Phi) is 4.70. The molecule has 0 spiro atoms. The van der Waals surface area contributed by atoms with Crippen LogP contribution in [0.2, 0.25) is 0 Å². The fourth-order valence-electron chi connectivity index (χ4n) is 3.45. The number of benzene rings is 1. The van der Waals surface area contributed by atoms with Gasteiger partial charge in [-0.05, 0) is 49.9 Å². The van der Waals surface area contributed by atoms with Crippen LogP contribution in [0.4, 0.5) is 9.39 Å². The Labute approximate surface area is 159 Å². The Hall–Kier alpha value is -2.67. The van der Waals surface area contributed by atoms with Crippen molar-refractivity contribution in [1.29, 1.82) is 0 Å². The van der Waals surface area contributed by atoms with Crippen molar-refractivity contribution < 1.29 is 23.1 Å². The van der Waals surface area contributed by atoms with Crippen molar-refractivity contribution in [3.8, 4) is 0 Å². The van der Waals surface area contributed by atoms with Crippen LogP contribution in [0.3, 0.4) is 0 Å². The minimum atomic E-state index is -0.400. The van der Waals surface area contributed by atoms with Crippen LogP contribution < -0.4 is 5.32 Å². The molecule has 1 N–H and O–H groups in total. The Morgan fingerprint density at radius 2 is 2.19 bits per heavy atom. The molecule has 1 amide bonds. The molecule has 0 radical (unpaired) electrons. The van der Waals surface area contributed by atoms with E-state index in [2.05, 4.69) is 5.32 Å². The van der Waals surface area contributed by atoms with Gasteiger partial charge in [-0.2, -0.15) is 0 Å². The smallest absolute Gasteiger partial charge is 0.341 e. The summed E-state index contributed by atoms with van der Waals surface area (Å²) < 4.78 is 24.0. The highest BCUT2D eigenvalue weighted by atomic mass is 32.1. The van der Waals surface area contributed by atoms with E-state index in [4.69, 9.17) is 9.15 Å². The van der Waals surface area contributed by atoms with Gasteiger partial charge in [0.05, 0.1) is 24.9 Å². The maximum absolute atomic E-state index is 13.5. The van der Waals surface area contributed by atoms with Crippen molar-refractivity contribution >= 4 is 39.2 Å². The van der Waals surface area contributed by atoms with Gasteiger partial charge in [0.2, 0.25) is 5.91 Å². The zero-order valence-electron chi connectivity index (χ0n) is 14.8. The van der Waals surface area contributed by atoms with E-state index in [9.17, 15) is 14.0 Å². The van der Waals surface area contributed by atoms with Gasteiger partial charge < -0.3 is 14.5 Å². The molecule has 0 unspecified atom stereocenters. The van der Waals surface area contributed by atoms with Crippen LogP contribution in [0, 0.1) is 5.82 Å². The average molecular weight is 387 g/mol. The molecule has 5 nitrogen and oxygen atoms in total. The molecular weight excluding hydrogens is 369 g/mol. The number of amides is 1. The number of halogens is 1. The van der Waals surface area contributed by atoms with Crippen molar-refractivity contribution in [1.82, 2.24) is 0 Å². The fraction of sp³-hybridized carbons (Fsp3) is 0.300. The molecule has 2 heterocycles. The molecule has 1 aliphatic carbocycles. The summed E-state index contributed by atoms with van der Waals surface area (Å²) in [6.45, 7) is 2.04. The standard InChI is InChI=1S/C20H18FNO4S/c1-2-25-20(24)18-13-4-3-5-16(13)27-19(18)22-17(23)8-11-10-26-15-7-6-12(21)9-14(11)15/h6-7,9-10H,2-5,8H2,1H3,(H,22,23). The topological polar surface area (TPSA) is 68.5 Å². The van der Waals surface area contributed by atoms with Gasteiger partial charge in [-0.25, -0.2) is 9.18 Å². The maximum atomic E-state index is 13.5. The van der Waals surface area contributed by atoms with Crippen LogP contribution in [0.25, 0.3) is 11.0 Å². The lowest BCUT2D eigenvalue weighted by atomic mass is 10.1. The van der Waals surface area contributed by atoms with Gasteiger partial charge >= 0.3 is 5.97 Å². The van der Waals surface area contributed by atoms with E-state index in [0.717, 1.165) is 29.7 Å². The molecule has 3 aromatic rings. The predicted octanol–water partition coefficient (Wildman–Crippen LogP) is 4.48. The van der Waals surface area contributed by atoms with Crippen LogP contribution in [0.5, 0.6) is 0 Å². The first-order chi connectivity index (χ1) is 13.1. The summed E-state index contributed by atoms with van der Waals surface area (Å²) in [4.78, 5) is 26.1.